The summed E-state index contributed by atoms with van der Waals surface area (Å²) in [6, 6.07) is 10.5. The van der Waals surface area contributed by atoms with Gasteiger partial charge in [0.05, 0.1) is 5.69 Å². The van der Waals surface area contributed by atoms with E-state index in [0.29, 0.717) is 22.1 Å². The normalized spacial score (nSPS) is 19.1. The Kier molecular flexibility index (Phi) is 3.97. The molecular formula is C18H17ClN2O3. The lowest BCUT2D eigenvalue weighted by Gasteiger charge is -2.33. The highest BCUT2D eigenvalue weighted by Gasteiger charge is 2.47. The minimum absolute atomic E-state index is 0.400. The van der Waals surface area contributed by atoms with Crippen LogP contribution in [-0.2, 0) is 9.59 Å². The fraction of sp³-hybridized carbons (Fsp3) is 0.222. The lowest BCUT2D eigenvalue weighted by Crippen LogP contribution is -2.56. The fourth-order valence-corrected chi connectivity index (χ4v) is 2.71. The van der Waals surface area contributed by atoms with Crippen molar-refractivity contribution in [3.05, 3.63) is 52.5 Å². The molecule has 24 heavy (non-hydrogen) atoms. The molecule has 0 aromatic heterocycles. The molecule has 1 heterocycles. The number of carbonyl (C=O) groups is 2. The summed E-state index contributed by atoms with van der Waals surface area (Å²) >= 11 is 5.91. The zero-order chi connectivity index (χ0) is 17.5. The number of amides is 2. The van der Waals surface area contributed by atoms with Crippen molar-refractivity contribution in [3.8, 4) is 5.75 Å². The van der Waals surface area contributed by atoms with E-state index in [-0.39, 0.29) is 0 Å². The Bertz CT molecular complexity index is 850. The highest BCUT2D eigenvalue weighted by Crippen LogP contribution is 2.36. The molecule has 5 nitrogen and oxygen atoms in total. The Morgan fingerprint density at radius 2 is 1.96 bits per heavy atom. The Hall–Kier alpha value is -2.53. The first-order chi connectivity index (χ1) is 11.3. The first kappa shape index (κ1) is 16.3. The van der Waals surface area contributed by atoms with E-state index >= 15 is 0 Å². The van der Waals surface area contributed by atoms with E-state index < -0.39 is 17.4 Å². The molecule has 1 aliphatic rings. The van der Waals surface area contributed by atoms with Crippen molar-refractivity contribution in [2.45, 2.75) is 26.4 Å². The second-order valence-electron chi connectivity index (χ2n) is 6.00. The van der Waals surface area contributed by atoms with Gasteiger partial charge in [-0.3, -0.25) is 9.59 Å². The van der Waals surface area contributed by atoms with Gasteiger partial charge in [-0.2, -0.15) is 0 Å². The van der Waals surface area contributed by atoms with Crippen LogP contribution in [-0.4, -0.2) is 17.4 Å². The summed E-state index contributed by atoms with van der Waals surface area (Å²) in [5.74, 6) is -0.677. The molecule has 3 rings (SSSR count). The molecule has 1 aliphatic heterocycles. The number of nitrogens with one attached hydrogen (secondary N) is 2. The van der Waals surface area contributed by atoms with Crippen LogP contribution in [0.5, 0.6) is 5.75 Å². The van der Waals surface area contributed by atoms with E-state index in [1.54, 1.807) is 24.3 Å². The average Bonchev–Trinajstić information content (AvgIpc) is 2.51. The van der Waals surface area contributed by atoms with Gasteiger partial charge in [-0.25, -0.2) is 0 Å². The molecule has 0 spiro atoms. The molecule has 124 valence electrons. The summed E-state index contributed by atoms with van der Waals surface area (Å²) in [6.45, 7) is 5.31. The maximum absolute atomic E-state index is 12.7. The van der Waals surface area contributed by atoms with Crippen LogP contribution in [0.3, 0.4) is 0 Å². The van der Waals surface area contributed by atoms with E-state index in [4.69, 9.17) is 16.3 Å². The standard InChI is InChI=1S/C18H17ClN2O3/c1-10-4-6-13(11(2)8-10)20-16(22)18(3)17(23)21-14-9-12(19)5-7-15(14)24-18/h4-9H,1-3H3,(H,20,22)(H,21,23). The van der Waals surface area contributed by atoms with Crippen LogP contribution in [0.25, 0.3) is 0 Å². The molecule has 2 N–H and O–H groups in total. The molecule has 1 unspecified atom stereocenters. The van der Waals surface area contributed by atoms with Crippen LogP contribution in [0.2, 0.25) is 5.02 Å². The number of hydrogen-bond acceptors (Lipinski definition) is 3. The Labute approximate surface area is 145 Å². The topological polar surface area (TPSA) is 67.4 Å². The van der Waals surface area contributed by atoms with Gasteiger partial charge in [-0.05, 0) is 50.6 Å². The summed E-state index contributed by atoms with van der Waals surface area (Å²) in [5, 5.41) is 5.92. The fourth-order valence-electron chi connectivity index (χ4n) is 2.54. The molecule has 0 saturated heterocycles. The number of rotatable bonds is 2. The predicted octanol–water partition coefficient (Wildman–Crippen LogP) is 3.69. The van der Waals surface area contributed by atoms with Gasteiger partial charge >= 0.3 is 0 Å². The van der Waals surface area contributed by atoms with Gasteiger partial charge in [0.25, 0.3) is 17.4 Å². The molecular weight excluding hydrogens is 328 g/mol. The van der Waals surface area contributed by atoms with E-state index in [1.807, 2.05) is 26.0 Å². The summed E-state index contributed by atoms with van der Waals surface area (Å²) in [7, 11) is 0. The van der Waals surface area contributed by atoms with Gasteiger partial charge in [0, 0.05) is 10.7 Å². The zero-order valence-electron chi connectivity index (χ0n) is 13.6. The minimum atomic E-state index is -1.67. The lowest BCUT2D eigenvalue weighted by atomic mass is 10.0. The predicted molar refractivity (Wildman–Crippen MR) is 93.7 cm³/mol. The summed E-state index contributed by atoms with van der Waals surface area (Å²) in [4.78, 5) is 25.1. The van der Waals surface area contributed by atoms with Crippen molar-refractivity contribution in [1.82, 2.24) is 0 Å². The Morgan fingerprint density at radius 1 is 1.21 bits per heavy atom. The molecule has 0 fully saturated rings. The van der Waals surface area contributed by atoms with E-state index in [1.165, 1.54) is 6.92 Å². The van der Waals surface area contributed by atoms with Crippen molar-refractivity contribution in [3.63, 3.8) is 0 Å². The van der Waals surface area contributed by atoms with E-state index in [9.17, 15) is 9.59 Å². The largest absolute Gasteiger partial charge is 0.466 e. The third-order valence-electron chi connectivity index (χ3n) is 4.00. The van der Waals surface area contributed by atoms with Crippen LogP contribution in [0.1, 0.15) is 18.1 Å². The number of carbonyl (C=O) groups excluding carboxylic acids is 2. The van der Waals surface area contributed by atoms with Crippen molar-refractivity contribution in [2.24, 2.45) is 0 Å². The maximum atomic E-state index is 12.7. The monoisotopic (exact) mass is 344 g/mol. The maximum Gasteiger partial charge on any atom is 0.278 e. The molecule has 0 radical (unpaired) electrons. The number of hydrogen-bond donors (Lipinski definition) is 2. The van der Waals surface area contributed by atoms with Gasteiger partial charge in [-0.15, -0.1) is 0 Å². The van der Waals surface area contributed by atoms with Gasteiger partial charge in [0.1, 0.15) is 5.75 Å². The number of anilines is 2. The summed E-state index contributed by atoms with van der Waals surface area (Å²) in [5.41, 5.74) is 1.43. The molecule has 6 heteroatoms. The lowest BCUT2D eigenvalue weighted by molar-refractivity contribution is -0.143. The van der Waals surface area contributed by atoms with Crippen molar-refractivity contribution in [2.75, 3.05) is 10.6 Å². The van der Waals surface area contributed by atoms with E-state index in [0.717, 1.165) is 11.1 Å². The average molecular weight is 345 g/mol. The van der Waals surface area contributed by atoms with Gasteiger partial charge in [-0.1, -0.05) is 29.3 Å². The Balaban J connectivity index is 1.88. The highest BCUT2D eigenvalue weighted by atomic mass is 35.5. The van der Waals surface area contributed by atoms with Crippen molar-refractivity contribution >= 4 is 34.8 Å². The minimum Gasteiger partial charge on any atom is -0.466 e. The van der Waals surface area contributed by atoms with E-state index in [2.05, 4.69) is 10.6 Å². The molecule has 2 aromatic rings. The molecule has 0 bridgehead atoms. The van der Waals surface area contributed by atoms with Crippen LogP contribution >= 0.6 is 11.6 Å². The SMILES string of the molecule is Cc1ccc(NC(=O)C2(C)Oc3ccc(Cl)cc3NC2=O)c(C)c1. The third-order valence-corrected chi connectivity index (χ3v) is 4.24. The number of benzene rings is 2. The number of aryl methyl sites for hydroxylation is 2. The third kappa shape index (κ3) is 2.83. The van der Waals surface area contributed by atoms with Crippen LogP contribution in [0.4, 0.5) is 11.4 Å². The van der Waals surface area contributed by atoms with Gasteiger partial charge < -0.3 is 15.4 Å². The molecule has 1 atom stereocenters. The number of halogens is 1. The summed E-state index contributed by atoms with van der Waals surface area (Å²) in [6.07, 6.45) is 0. The number of ether oxygens (including phenoxy) is 1. The van der Waals surface area contributed by atoms with Gasteiger partial charge in [0.15, 0.2) is 0 Å². The van der Waals surface area contributed by atoms with Crippen LogP contribution in [0, 0.1) is 13.8 Å². The van der Waals surface area contributed by atoms with Crippen LogP contribution < -0.4 is 15.4 Å². The van der Waals surface area contributed by atoms with Crippen molar-refractivity contribution < 1.29 is 14.3 Å². The first-order valence-electron chi connectivity index (χ1n) is 7.48. The smallest absolute Gasteiger partial charge is 0.278 e. The second kappa shape index (κ2) is 5.83. The zero-order valence-corrected chi connectivity index (χ0v) is 14.3. The number of fused-ring (bicyclic) bond motifs is 1. The highest BCUT2D eigenvalue weighted by molar-refractivity contribution is 6.31. The second-order valence-corrected chi connectivity index (χ2v) is 6.44. The molecule has 2 amide bonds. The van der Waals surface area contributed by atoms with Crippen LogP contribution in [0.15, 0.2) is 36.4 Å². The molecule has 0 aliphatic carbocycles. The van der Waals surface area contributed by atoms with Gasteiger partial charge in [0.2, 0.25) is 0 Å². The first-order valence-corrected chi connectivity index (χ1v) is 7.86. The quantitative estimate of drug-likeness (QED) is 0.816. The molecule has 0 saturated carbocycles. The Morgan fingerprint density at radius 3 is 2.67 bits per heavy atom. The van der Waals surface area contributed by atoms with Crippen molar-refractivity contribution in [1.29, 1.82) is 0 Å². The summed E-state index contributed by atoms with van der Waals surface area (Å²) < 4.78 is 5.70. The molecule has 2 aromatic carbocycles.